The van der Waals surface area contributed by atoms with Crippen LogP contribution in [0.3, 0.4) is 0 Å². The van der Waals surface area contributed by atoms with E-state index >= 15 is 0 Å². The molecular formula is C19H18FN3O. The lowest BCUT2D eigenvalue weighted by Crippen LogP contribution is -2.44. The summed E-state index contributed by atoms with van der Waals surface area (Å²) < 4.78 is 13.1. The van der Waals surface area contributed by atoms with Gasteiger partial charge in [0.2, 0.25) is 5.91 Å². The third-order valence-corrected chi connectivity index (χ3v) is 4.15. The van der Waals surface area contributed by atoms with E-state index in [1.54, 1.807) is 29.4 Å². The number of pyridine rings is 1. The third kappa shape index (κ3) is 3.15. The molecule has 1 aromatic heterocycles. The number of hydrogen-bond acceptors (Lipinski definition) is 3. The minimum Gasteiger partial charge on any atom is -0.273 e. The van der Waals surface area contributed by atoms with Crippen molar-refractivity contribution in [1.29, 1.82) is 0 Å². The molecule has 1 aromatic carbocycles. The highest BCUT2D eigenvalue weighted by molar-refractivity contribution is 5.95. The summed E-state index contributed by atoms with van der Waals surface area (Å²) in [6.45, 7) is 4.05. The average molecular weight is 323 g/mol. The summed E-state index contributed by atoms with van der Waals surface area (Å²) >= 11 is 0. The van der Waals surface area contributed by atoms with Crippen molar-refractivity contribution in [3.8, 4) is 11.8 Å². The summed E-state index contributed by atoms with van der Waals surface area (Å²) in [5.41, 5.74) is 1.66. The Kier molecular flexibility index (Phi) is 4.08. The van der Waals surface area contributed by atoms with Gasteiger partial charge < -0.3 is 0 Å². The number of hydrogen-bond donors (Lipinski definition) is 0. The average Bonchev–Trinajstić information content (AvgIpc) is 2.74. The summed E-state index contributed by atoms with van der Waals surface area (Å²) in [7, 11) is 1.89. The summed E-state index contributed by atoms with van der Waals surface area (Å²) in [4.78, 5) is 16.5. The van der Waals surface area contributed by atoms with Crippen LogP contribution in [0.25, 0.3) is 0 Å². The van der Waals surface area contributed by atoms with Crippen molar-refractivity contribution in [3.05, 3.63) is 59.7 Å². The van der Waals surface area contributed by atoms with Gasteiger partial charge in [-0.25, -0.2) is 19.4 Å². The molecule has 0 aliphatic carbocycles. The molecule has 1 fully saturated rings. The van der Waals surface area contributed by atoms with Gasteiger partial charge in [0.25, 0.3) is 0 Å². The Balaban J connectivity index is 1.81. The summed E-state index contributed by atoms with van der Waals surface area (Å²) in [6.07, 6.45) is 2.09. The molecular weight excluding hydrogens is 305 g/mol. The fraction of sp³-hybridized carbons (Fsp3) is 0.263. The van der Waals surface area contributed by atoms with Crippen molar-refractivity contribution in [2.24, 2.45) is 0 Å². The fourth-order valence-electron chi connectivity index (χ4n) is 2.60. The molecule has 1 amide bonds. The van der Waals surface area contributed by atoms with Crippen LogP contribution >= 0.6 is 0 Å². The number of nitrogens with zero attached hydrogens (tertiary/aromatic N) is 3. The highest BCUT2D eigenvalue weighted by Crippen LogP contribution is 2.32. The van der Waals surface area contributed by atoms with E-state index in [-0.39, 0.29) is 17.3 Å². The SMILES string of the molecule is CN1N(c2ccc(C#Cc3cccc(F)c3)nc2)C(=O)CC1(C)C. The second kappa shape index (κ2) is 6.06. The highest BCUT2D eigenvalue weighted by Gasteiger charge is 2.41. The maximum atomic E-state index is 13.1. The van der Waals surface area contributed by atoms with Crippen LogP contribution in [-0.4, -0.2) is 28.5 Å². The Morgan fingerprint density at radius 3 is 2.58 bits per heavy atom. The van der Waals surface area contributed by atoms with E-state index in [1.165, 1.54) is 12.1 Å². The molecule has 0 radical (unpaired) electrons. The van der Waals surface area contributed by atoms with E-state index in [0.717, 1.165) is 0 Å². The van der Waals surface area contributed by atoms with Gasteiger partial charge >= 0.3 is 0 Å². The normalized spacial score (nSPS) is 16.8. The molecule has 0 bridgehead atoms. The van der Waals surface area contributed by atoms with Gasteiger partial charge in [0, 0.05) is 24.6 Å². The largest absolute Gasteiger partial charge is 0.273 e. The second-order valence-corrected chi connectivity index (χ2v) is 6.38. The molecule has 2 heterocycles. The summed E-state index contributed by atoms with van der Waals surface area (Å²) in [5.74, 6) is 5.51. The van der Waals surface area contributed by atoms with Gasteiger partial charge in [-0.3, -0.25) is 4.79 Å². The van der Waals surface area contributed by atoms with Crippen LogP contribution < -0.4 is 5.01 Å². The first-order valence-electron chi connectivity index (χ1n) is 7.67. The lowest BCUT2D eigenvalue weighted by molar-refractivity contribution is -0.117. The Morgan fingerprint density at radius 2 is 2.00 bits per heavy atom. The highest BCUT2D eigenvalue weighted by atomic mass is 19.1. The molecule has 1 aliphatic rings. The van der Waals surface area contributed by atoms with Crippen LogP contribution in [0.4, 0.5) is 10.1 Å². The van der Waals surface area contributed by atoms with Gasteiger partial charge in [-0.1, -0.05) is 12.0 Å². The number of halogens is 1. The number of aromatic nitrogens is 1. The number of carbonyl (C=O) groups excluding carboxylic acids is 1. The van der Waals surface area contributed by atoms with Crippen LogP contribution in [0.5, 0.6) is 0 Å². The first-order valence-corrected chi connectivity index (χ1v) is 7.67. The van der Waals surface area contributed by atoms with Gasteiger partial charge in [0.1, 0.15) is 11.5 Å². The van der Waals surface area contributed by atoms with Crippen molar-refractivity contribution in [3.63, 3.8) is 0 Å². The molecule has 0 N–H and O–H groups in total. The quantitative estimate of drug-likeness (QED) is 0.757. The van der Waals surface area contributed by atoms with Crippen LogP contribution in [0, 0.1) is 17.7 Å². The number of rotatable bonds is 1. The smallest absolute Gasteiger partial charge is 0.243 e. The van der Waals surface area contributed by atoms with Crippen molar-refractivity contribution in [2.45, 2.75) is 25.8 Å². The first kappa shape index (κ1) is 16.2. The Labute approximate surface area is 140 Å². The van der Waals surface area contributed by atoms with E-state index in [2.05, 4.69) is 16.8 Å². The van der Waals surface area contributed by atoms with E-state index < -0.39 is 0 Å². The Hall–Kier alpha value is -2.71. The molecule has 2 aromatic rings. The minimum absolute atomic E-state index is 0.0443. The predicted molar refractivity (Wildman–Crippen MR) is 90.6 cm³/mol. The summed E-state index contributed by atoms with van der Waals surface area (Å²) in [5, 5.41) is 3.56. The predicted octanol–water partition coefficient (Wildman–Crippen LogP) is 2.98. The van der Waals surface area contributed by atoms with Crippen LogP contribution in [0.1, 0.15) is 31.5 Å². The monoisotopic (exact) mass is 323 g/mol. The number of anilines is 1. The molecule has 0 atom stereocenters. The summed E-state index contributed by atoms with van der Waals surface area (Å²) in [6, 6.07) is 9.69. The van der Waals surface area contributed by atoms with Gasteiger partial charge in [0.15, 0.2) is 0 Å². The molecule has 24 heavy (non-hydrogen) atoms. The van der Waals surface area contributed by atoms with Gasteiger partial charge in [-0.05, 0) is 50.1 Å². The second-order valence-electron chi connectivity index (χ2n) is 6.38. The van der Waals surface area contributed by atoms with E-state index in [9.17, 15) is 9.18 Å². The zero-order chi connectivity index (χ0) is 17.3. The number of hydrazine groups is 1. The molecule has 5 heteroatoms. The maximum absolute atomic E-state index is 13.1. The molecule has 0 spiro atoms. The van der Waals surface area contributed by atoms with Crippen LogP contribution in [0.15, 0.2) is 42.6 Å². The van der Waals surface area contributed by atoms with Gasteiger partial charge in [-0.15, -0.1) is 0 Å². The zero-order valence-electron chi connectivity index (χ0n) is 13.9. The lowest BCUT2D eigenvalue weighted by Gasteiger charge is -2.32. The van der Waals surface area contributed by atoms with E-state index in [4.69, 9.17) is 0 Å². The van der Waals surface area contributed by atoms with Crippen molar-refractivity contribution >= 4 is 11.6 Å². The third-order valence-electron chi connectivity index (χ3n) is 4.15. The maximum Gasteiger partial charge on any atom is 0.243 e. The Morgan fingerprint density at radius 1 is 1.21 bits per heavy atom. The molecule has 3 rings (SSSR count). The molecule has 4 nitrogen and oxygen atoms in total. The first-order chi connectivity index (χ1) is 11.4. The number of carbonyl (C=O) groups is 1. The number of amides is 1. The molecule has 0 unspecified atom stereocenters. The molecule has 1 saturated heterocycles. The molecule has 122 valence electrons. The van der Waals surface area contributed by atoms with E-state index in [1.807, 2.05) is 32.0 Å². The topological polar surface area (TPSA) is 36.4 Å². The van der Waals surface area contributed by atoms with E-state index in [0.29, 0.717) is 23.4 Å². The van der Waals surface area contributed by atoms with Gasteiger partial charge in [-0.2, -0.15) is 0 Å². The van der Waals surface area contributed by atoms with Gasteiger partial charge in [0.05, 0.1) is 11.9 Å². The standard InChI is InChI=1S/C19H18FN3O/c1-19(2)12-18(24)23(22(19)3)17-10-9-16(21-13-17)8-7-14-5-4-6-15(20)11-14/h4-6,9-11,13H,12H2,1-3H3. The number of benzene rings is 1. The fourth-order valence-corrected chi connectivity index (χ4v) is 2.60. The van der Waals surface area contributed by atoms with Crippen LogP contribution in [-0.2, 0) is 4.79 Å². The van der Waals surface area contributed by atoms with Crippen molar-refractivity contribution in [2.75, 3.05) is 12.1 Å². The van der Waals surface area contributed by atoms with Crippen molar-refractivity contribution < 1.29 is 9.18 Å². The zero-order valence-corrected chi connectivity index (χ0v) is 13.9. The molecule has 1 aliphatic heterocycles. The Bertz CT molecular complexity index is 834. The minimum atomic E-state index is -0.316. The molecule has 0 saturated carbocycles. The van der Waals surface area contributed by atoms with Crippen molar-refractivity contribution in [1.82, 2.24) is 9.99 Å². The van der Waals surface area contributed by atoms with Crippen LogP contribution in [0.2, 0.25) is 0 Å². The lowest BCUT2D eigenvalue weighted by atomic mass is 10.0.